The van der Waals surface area contributed by atoms with E-state index in [2.05, 4.69) is 10.6 Å². The second-order valence-corrected chi connectivity index (χ2v) is 2.52. The van der Waals surface area contributed by atoms with Gasteiger partial charge >= 0.3 is 0 Å². The van der Waals surface area contributed by atoms with Crippen LogP contribution in [0.15, 0.2) is 6.33 Å². The molecule has 0 amide bonds. The molecule has 0 saturated carbocycles. The maximum atomic E-state index is 11.1. The highest BCUT2D eigenvalue weighted by atomic mass is 16.5. The van der Waals surface area contributed by atoms with Crippen LogP contribution >= 0.6 is 0 Å². The number of rotatable bonds is 4. The Labute approximate surface area is 76.3 Å². The quantitative estimate of drug-likeness (QED) is 0.523. The molecule has 0 aliphatic heterocycles. The summed E-state index contributed by atoms with van der Waals surface area (Å²) in [4.78, 5) is 0. The van der Waals surface area contributed by atoms with E-state index in [0.717, 1.165) is 6.33 Å². The molecular weight excluding hydrogens is 172 g/mol. The predicted molar refractivity (Wildman–Crippen MR) is 50.5 cm³/mol. The Balaban J connectivity index is 2.98. The molecule has 1 rings (SSSR count). The highest BCUT2D eigenvalue weighted by Crippen LogP contribution is 2.16. The summed E-state index contributed by atoms with van der Waals surface area (Å²) >= 11 is 0. The summed E-state index contributed by atoms with van der Waals surface area (Å²) in [5.74, 6) is 0.554. The minimum atomic E-state index is 0.277. The number of imidazole rings is 1. The first-order valence-electron chi connectivity index (χ1n) is 4.20. The van der Waals surface area contributed by atoms with Gasteiger partial charge in [0.15, 0.2) is 6.33 Å². The van der Waals surface area contributed by atoms with Crippen LogP contribution in [0.1, 0.15) is 13.8 Å². The fourth-order valence-electron chi connectivity index (χ4n) is 1.08. The maximum absolute atomic E-state index is 11.1. The Bertz CT molecular complexity index is 258. The Kier molecular flexibility index (Phi) is 2.84. The van der Waals surface area contributed by atoms with Crippen molar-refractivity contribution in [1.29, 1.82) is 0 Å². The molecule has 0 saturated heterocycles. The molecule has 0 aliphatic rings. The van der Waals surface area contributed by atoms with Crippen LogP contribution in [0.3, 0.4) is 0 Å². The van der Waals surface area contributed by atoms with Crippen molar-refractivity contribution in [2.75, 3.05) is 23.7 Å². The van der Waals surface area contributed by atoms with Crippen LogP contribution in [0.2, 0.25) is 0 Å². The van der Waals surface area contributed by atoms with Gasteiger partial charge in [-0.05, 0) is 13.8 Å². The third-order valence-corrected chi connectivity index (χ3v) is 1.56. The van der Waals surface area contributed by atoms with Crippen molar-refractivity contribution >= 4 is 11.6 Å². The molecule has 2 N–H and O–H groups in total. The number of nitrogens with one attached hydrogen (secondary N) is 2. The van der Waals surface area contributed by atoms with E-state index < -0.39 is 0 Å². The molecular formula is C7H13N4O2-. The fourth-order valence-corrected chi connectivity index (χ4v) is 1.08. The van der Waals surface area contributed by atoms with Crippen molar-refractivity contribution in [3.8, 4) is 0 Å². The number of hydrogen-bond donors (Lipinski definition) is 2. The molecule has 1 aromatic heterocycles. The van der Waals surface area contributed by atoms with Crippen molar-refractivity contribution in [1.82, 2.24) is 4.73 Å². The molecule has 1 aromatic rings. The SMILES string of the molecule is CCNc1c(NCC)[n+]([O-])cn1[O-]. The third kappa shape index (κ3) is 1.77. The Morgan fingerprint density at radius 1 is 1.38 bits per heavy atom. The van der Waals surface area contributed by atoms with Crippen molar-refractivity contribution < 1.29 is 4.73 Å². The van der Waals surface area contributed by atoms with Gasteiger partial charge in [0.05, 0.1) is 6.54 Å². The summed E-state index contributed by atoms with van der Waals surface area (Å²) in [5.41, 5.74) is 0. The molecule has 74 valence electrons. The van der Waals surface area contributed by atoms with Gasteiger partial charge in [0, 0.05) is 6.54 Å². The van der Waals surface area contributed by atoms with E-state index in [1.165, 1.54) is 0 Å². The van der Waals surface area contributed by atoms with Crippen LogP contribution in [-0.2, 0) is 0 Å². The number of aromatic nitrogens is 2. The molecule has 0 spiro atoms. The van der Waals surface area contributed by atoms with Crippen LogP contribution < -0.4 is 15.4 Å². The van der Waals surface area contributed by atoms with Crippen molar-refractivity contribution in [2.45, 2.75) is 13.8 Å². The highest BCUT2D eigenvalue weighted by molar-refractivity contribution is 5.57. The fraction of sp³-hybridized carbons (Fsp3) is 0.571. The molecule has 6 heteroatoms. The first-order valence-corrected chi connectivity index (χ1v) is 4.20. The summed E-state index contributed by atoms with van der Waals surface area (Å²) in [6, 6.07) is 0. The summed E-state index contributed by atoms with van der Waals surface area (Å²) in [6.45, 7) is 4.92. The van der Waals surface area contributed by atoms with Crippen LogP contribution in [0.4, 0.5) is 11.6 Å². The van der Waals surface area contributed by atoms with Gasteiger partial charge in [0.2, 0.25) is 5.82 Å². The van der Waals surface area contributed by atoms with Crippen molar-refractivity contribution in [2.24, 2.45) is 0 Å². The zero-order valence-corrected chi connectivity index (χ0v) is 7.70. The average molecular weight is 185 g/mol. The lowest BCUT2D eigenvalue weighted by Crippen LogP contribution is -2.27. The van der Waals surface area contributed by atoms with Gasteiger partial charge in [-0.3, -0.25) is 4.73 Å². The van der Waals surface area contributed by atoms with Gasteiger partial charge in [-0.1, -0.05) is 0 Å². The van der Waals surface area contributed by atoms with Crippen LogP contribution in [0.25, 0.3) is 0 Å². The Morgan fingerprint density at radius 2 is 2.00 bits per heavy atom. The van der Waals surface area contributed by atoms with Gasteiger partial charge in [-0.15, -0.1) is 0 Å². The second kappa shape index (κ2) is 3.88. The minimum absolute atomic E-state index is 0.277. The van der Waals surface area contributed by atoms with Crippen LogP contribution in [0.5, 0.6) is 0 Å². The van der Waals surface area contributed by atoms with Gasteiger partial charge in [-0.25, -0.2) is 4.73 Å². The number of hydrogen-bond acceptors (Lipinski definition) is 4. The minimum Gasteiger partial charge on any atom is -0.741 e. The average Bonchev–Trinajstić information content (AvgIpc) is 2.33. The largest absolute Gasteiger partial charge is 0.741 e. The van der Waals surface area contributed by atoms with E-state index in [1.54, 1.807) is 0 Å². The number of nitrogens with zero attached hydrogens (tertiary/aromatic N) is 2. The van der Waals surface area contributed by atoms with Crippen molar-refractivity contribution in [3.63, 3.8) is 0 Å². The van der Waals surface area contributed by atoms with Gasteiger partial charge in [0.1, 0.15) is 0 Å². The molecule has 0 radical (unpaired) electrons. The molecule has 0 aliphatic carbocycles. The molecule has 6 nitrogen and oxygen atoms in total. The molecule has 0 fully saturated rings. The Morgan fingerprint density at radius 3 is 2.54 bits per heavy atom. The van der Waals surface area contributed by atoms with Gasteiger partial charge in [0.25, 0.3) is 5.82 Å². The summed E-state index contributed by atoms with van der Waals surface area (Å²) in [7, 11) is 0. The lowest BCUT2D eigenvalue weighted by molar-refractivity contribution is -0.589. The van der Waals surface area contributed by atoms with E-state index in [1.807, 2.05) is 13.8 Å². The van der Waals surface area contributed by atoms with E-state index in [4.69, 9.17) is 0 Å². The standard InChI is InChI=1S/C7H13N4O2/c1-3-8-6-7(9-4-2)11(13)5-10(6)12/h5,8-9H,3-4H2,1-2H3/q-1. The smallest absolute Gasteiger partial charge is 0.279 e. The monoisotopic (exact) mass is 185 g/mol. The van der Waals surface area contributed by atoms with Gasteiger partial charge < -0.3 is 21.0 Å². The van der Waals surface area contributed by atoms with E-state index in [-0.39, 0.29) is 11.6 Å². The highest BCUT2D eigenvalue weighted by Gasteiger charge is 2.13. The van der Waals surface area contributed by atoms with E-state index in [9.17, 15) is 10.4 Å². The maximum Gasteiger partial charge on any atom is 0.279 e. The van der Waals surface area contributed by atoms with E-state index >= 15 is 0 Å². The number of anilines is 2. The molecule has 1 heterocycles. The van der Waals surface area contributed by atoms with E-state index in [0.29, 0.717) is 22.6 Å². The topological polar surface area (TPSA) is 79.0 Å². The lowest BCUT2D eigenvalue weighted by Gasteiger charge is -2.07. The molecule has 0 atom stereocenters. The zero-order chi connectivity index (χ0) is 9.84. The zero-order valence-electron chi connectivity index (χ0n) is 7.70. The summed E-state index contributed by atoms with van der Waals surface area (Å²) in [6.07, 6.45) is 0.940. The molecule has 0 unspecified atom stereocenters. The first-order chi connectivity index (χ1) is 6.20. The Hall–Kier alpha value is -1.59. The molecule has 0 bridgehead atoms. The lowest BCUT2D eigenvalue weighted by atomic mass is 10.5. The molecule has 0 aromatic carbocycles. The summed E-state index contributed by atoms with van der Waals surface area (Å²) in [5, 5.41) is 27.9. The van der Waals surface area contributed by atoms with Crippen LogP contribution in [-0.4, -0.2) is 17.8 Å². The van der Waals surface area contributed by atoms with Crippen LogP contribution in [0, 0.1) is 10.4 Å². The normalized spacial score (nSPS) is 10.0. The summed E-state index contributed by atoms with van der Waals surface area (Å²) < 4.78 is 1.04. The van der Waals surface area contributed by atoms with Crippen molar-refractivity contribution in [3.05, 3.63) is 16.7 Å². The third-order valence-electron chi connectivity index (χ3n) is 1.56. The second-order valence-electron chi connectivity index (χ2n) is 2.52. The van der Waals surface area contributed by atoms with Gasteiger partial charge in [-0.2, -0.15) is 0 Å². The molecule has 13 heavy (non-hydrogen) atoms. The predicted octanol–water partition coefficient (Wildman–Crippen LogP) is 0.331. The first kappa shape index (κ1) is 9.50.